The monoisotopic (exact) mass is 426 g/mol. The zero-order chi connectivity index (χ0) is 22.8. The average molecular weight is 427 g/mol. The Kier molecular flexibility index (Phi) is 8.38. The van der Waals surface area contributed by atoms with Gasteiger partial charge in [0.15, 0.2) is 0 Å². The van der Waals surface area contributed by atoms with Gasteiger partial charge in [-0.05, 0) is 55.0 Å². The summed E-state index contributed by atoms with van der Waals surface area (Å²) < 4.78 is 0. The van der Waals surface area contributed by atoms with E-state index >= 15 is 0 Å². The molecule has 4 nitrogen and oxygen atoms in total. The normalized spacial score (nSPS) is 10.3. The van der Waals surface area contributed by atoms with Crippen LogP contribution < -0.4 is 10.6 Å². The number of hydrogen-bond acceptors (Lipinski definition) is 2. The van der Waals surface area contributed by atoms with Crippen molar-refractivity contribution < 1.29 is 9.59 Å². The molecular formula is C28H30N2O2. The minimum absolute atomic E-state index is 0.125. The number of benzene rings is 3. The predicted octanol–water partition coefficient (Wildman–Crippen LogP) is 4.40. The first-order chi connectivity index (χ1) is 15.5. The fraction of sp³-hybridized carbons (Fsp3) is 0.214. The van der Waals surface area contributed by atoms with Gasteiger partial charge in [-0.2, -0.15) is 0 Å². The molecule has 0 aliphatic carbocycles. The van der Waals surface area contributed by atoms with Crippen molar-refractivity contribution in [1.29, 1.82) is 0 Å². The molecule has 3 rings (SSSR count). The van der Waals surface area contributed by atoms with Crippen molar-refractivity contribution >= 4 is 17.9 Å². The van der Waals surface area contributed by atoms with Crippen LogP contribution in [0.15, 0.2) is 84.4 Å². The van der Waals surface area contributed by atoms with Gasteiger partial charge in [0.05, 0.1) is 0 Å². The average Bonchev–Trinajstić information content (AvgIpc) is 2.81. The Morgan fingerprint density at radius 1 is 0.719 bits per heavy atom. The second-order valence-corrected chi connectivity index (χ2v) is 7.90. The molecule has 0 spiro atoms. The lowest BCUT2D eigenvalue weighted by Crippen LogP contribution is -2.36. The summed E-state index contributed by atoms with van der Waals surface area (Å²) in [5, 5.41) is 5.81. The number of carbonyl (C=O) groups is 2. The maximum absolute atomic E-state index is 13.0. The number of aryl methyl sites for hydroxylation is 2. The summed E-state index contributed by atoms with van der Waals surface area (Å²) in [5.74, 6) is -0.724. The zero-order valence-electron chi connectivity index (χ0n) is 18.7. The van der Waals surface area contributed by atoms with E-state index in [0.29, 0.717) is 25.9 Å². The fourth-order valence-corrected chi connectivity index (χ4v) is 3.43. The van der Waals surface area contributed by atoms with Gasteiger partial charge < -0.3 is 10.6 Å². The second-order valence-electron chi connectivity index (χ2n) is 7.90. The Morgan fingerprint density at radius 2 is 1.22 bits per heavy atom. The molecule has 2 amide bonds. The Labute approximate surface area is 190 Å². The van der Waals surface area contributed by atoms with Crippen molar-refractivity contribution in [2.45, 2.75) is 26.7 Å². The summed E-state index contributed by atoms with van der Waals surface area (Å²) >= 11 is 0. The van der Waals surface area contributed by atoms with Crippen LogP contribution in [0.25, 0.3) is 6.08 Å². The van der Waals surface area contributed by atoms with Crippen molar-refractivity contribution in [3.05, 3.63) is 112 Å². The van der Waals surface area contributed by atoms with Gasteiger partial charge in [-0.3, -0.25) is 9.59 Å². The molecule has 4 heteroatoms. The van der Waals surface area contributed by atoms with Crippen LogP contribution in [-0.4, -0.2) is 24.9 Å². The largest absolute Gasteiger partial charge is 0.352 e. The first kappa shape index (κ1) is 23.0. The number of nitrogens with one attached hydrogen (secondary N) is 2. The van der Waals surface area contributed by atoms with Crippen molar-refractivity contribution in [2.24, 2.45) is 0 Å². The van der Waals surface area contributed by atoms with Gasteiger partial charge >= 0.3 is 0 Å². The van der Waals surface area contributed by atoms with Crippen LogP contribution in [0.4, 0.5) is 0 Å². The Hall–Kier alpha value is -3.66. The van der Waals surface area contributed by atoms with E-state index in [1.165, 1.54) is 0 Å². The zero-order valence-corrected chi connectivity index (χ0v) is 18.7. The van der Waals surface area contributed by atoms with Crippen LogP contribution in [0.1, 0.15) is 27.8 Å². The maximum atomic E-state index is 13.0. The Morgan fingerprint density at radius 3 is 1.72 bits per heavy atom. The van der Waals surface area contributed by atoms with Crippen LogP contribution in [0.2, 0.25) is 0 Å². The molecule has 164 valence electrons. The van der Waals surface area contributed by atoms with Gasteiger partial charge in [-0.25, -0.2) is 0 Å². The number of amides is 2. The van der Waals surface area contributed by atoms with Crippen LogP contribution >= 0.6 is 0 Å². The van der Waals surface area contributed by atoms with E-state index in [0.717, 1.165) is 27.8 Å². The lowest BCUT2D eigenvalue weighted by molar-refractivity contribution is -0.123. The van der Waals surface area contributed by atoms with E-state index in [-0.39, 0.29) is 17.4 Å². The van der Waals surface area contributed by atoms with Crippen molar-refractivity contribution in [3.8, 4) is 0 Å². The number of carbonyl (C=O) groups excluding carboxylic acids is 2. The smallest absolute Gasteiger partial charge is 0.256 e. The first-order valence-electron chi connectivity index (χ1n) is 11.0. The highest BCUT2D eigenvalue weighted by molar-refractivity contribution is 6.21. The van der Waals surface area contributed by atoms with Crippen LogP contribution in [0.5, 0.6) is 0 Å². The first-order valence-corrected chi connectivity index (χ1v) is 11.0. The molecule has 0 heterocycles. The molecule has 0 saturated carbocycles. The van der Waals surface area contributed by atoms with E-state index in [4.69, 9.17) is 0 Å². The van der Waals surface area contributed by atoms with E-state index in [1.807, 2.05) is 92.7 Å². The Bertz CT molecular complexity index is 1010. The third-order valence-electron chi connectivity index (χ3n) is 5.31. The summed E-state index contributed by atoms with van der Waals surface area (Å²) in [6.45, 7) is 4.90. The van der Waals surface area contributed by atoms with Crippen molar-refractivity contribution in [2.75, 3.05) is 13.1 Å². The molecule has 3 aromatic rings. The third kappa shape index (κ3) is 6.95. The summed E-state index contributed by atoms with van der Waals surface area (Å²) in [5.41, 5.74) is 5.37. The molecule has 0 radical (unpaired) electrons. The van der Waals surface area contributed by atoms with Crippen LogP contribution in [0.3, 0.4) is 0 Å². The van der Waals surface area contributed by atoms with E-state index < -0.39 is 0 Å². The van der Waals surface area contributed by atoms with Gasteiger partial charge in [0.1, 0.15) is 5.57 Å². The van der Waals surface area contributed by atoms with Gasteiger partial charge in [0.25, 0.3) is 11.8 Å². The lowest BCUT2D eigenvalue weighted by Gasteiger charge is -2.12. The second kappa shape index (κ2) is 11.7. The SMILES string of the molecule is Cc1ccc(C)c(C=C(C(=O)NCCc2ccccc2)C(=O)NCCc2ccccc2)c1. The minimum atomic E-state index is -0.362. The molecule has 0 aliphatic heterocycles. The summed E-state index contributed by atoms with van der Waals surface area (Å²) in [4.78, 5) is 25.9. The molecule has 0 fully saturated rings. The highest BCUT2D eigenvalue weighted by Gasteiger charge is 2.18. The van der Waals surface area contributed by atoms with E-state index in [2.05, 4.69) is 10.6 Å². The predicted molar refractivity (Wildman–Crippen MR) is 130 cm³/mol. The van der Waals surface area contributed by atoms with Crippen molar-refractivity contribution in [1.82, 2.24) is 10.6 Å². The third-order valence-corrected chi connectivity index (χ3v) is 5.31. The minimum Gasteiger partial charge on any atom is -0.352 e. The molecule has 0 saturated heterocycles. The van der Waals surface area contributed by atoms with Gasteiger partial charge in [-0.1, -0.05) is 84.4 Å². The van der Waals surface area contributed by atoms with Gasteiger partial charge in [-0.15, -0.1) is 0 Å². The van der Waals surface area contributed by atoms with E-state index in [9.17, 15) is 9.59 Å². The topological polar surface area (TPSA) is 58.2 Å². The molecule has 0 aliphatic rings. The van der Waals surface area contributed by atoms with Crippen LogP contribution in [0, 0.1) is 13.8 Å². The molecule has 0 atom stereocenters. The summed E-state index contributed by atoms with van der Waals surface area (Å²) in [6, 6.07) is 25.9. The lowest BCUT2D eigenvalue weighted by atomic mass is 10.0. The molecule has 0 unspecified atom stereocenters. The quantitative estimate of drug-likeness (QED) is 0.303. The molecule has 32 heavy (non-hydrogen) atoms. The Balaban J connectivity index is 1.70. The summed E-state index contributed by atoms with van der Waals surface area (Å²) in [6.07, 6.45) is 3.11. The molecular weight excluding hydrogens is 396 g/mol. The van der Waals surface area contributed by atoms with Crippen molar-refractivity contribution in [3.63, 3.8) is 0 Å². The maximum Gasteiger partial charge on any atom is 0.256 e. The van der Waals surface area contributed by atoms with Gasteiger partial charge in [0, 0.05) is 13.1 Å². The van der Waals surface area contributed by atoms with Gasteiger partial charge in [0.2, 0.25) is 0 Å². The number of rotatable bonds is 9. The van der Waals surface area contributed by atoms with E-state index in [1.54, 1.807) is 6.08 Å². The molecule has 0 aromatic heterocycles. The number of hydrogen-bond donors (Lipinski definition) is 2. The summed E-state index contributed by atoms with van der Waals surface area (Å²) in [7, 11) is 0. The molecule has 3 aromatic carbocycles. The highest BCUT2D eigenvalue weighted by atomic mass is 16.2. The molecule has 2 N–H and O–H groups in total. The fourth-order valence-electron chi connectivity index (χ4n) is 3.43. The molecule has 0 bridgehead atoms. The highest BCUT2D eigenvalue weighted by Crippen LogP contribution is 2.15. The van der Waals surface area contributed by atoms with Crippen LogP contribution in [-0.2, 0) is 22.4 Å². The standard InChI is InChI=1S/C28H30N2O2/c1-21-13-14-22(2)25(19-21)20-26(27(31)29-17-15-23-9-5-3-6-10-23)28(32)30-18-16-24-11-7-4-8-12-24/h3-14,19-20H,15-18H2,1-2H3,(H,29,31)(H,30,32).